The smallest absolute Gasteiger partial charge is 0.307 e. The lowest BCUT2D eigenvalue weighted by Gasteiger charge is -2.23. The molecule has 21 heteroatoms. The summed E-state index contributed by atoms with van der Waals surface area (Å²) < 4.78 is 263. The summed E-state index contributed by atoms with van der Waals surface area (Å²) in [6, 6.07) is 25.7. The van der Waals surface area contributed by atoms with E-state index in [0.29, 0.717) is 47.9 Å². The van der Waals surface area contributed by atoms with Crippen LogP contribution in [0.4, 0.5) is 79.0 Å². The van der Waals surface area contributed by atoms with Gasteiger partial charge in [-0.05, 0) is 107 Å². The van der Waals surface area contributed by atoms with Crippen molar-refractivity contribution >= 4 is 43.6 Å². The van der Waals surface area contributed by atoms with E-state index in [0.717, 1.165) is 18.2 Å². The summed E-state index contributed by atoms with van der Waals surface area (Å²) in [6.07, 6.45) is -32.2. The standard InChI is InChI=1S/C55H25F18N3/c56-50(57,58)32-16-29(17-33(23-32)51(59,60)61)27-12-14-38-36-6-1-3-10-43(36)75(45(38)20-27)47-22-31(26-74)40(49-41(54(68,69)70)8-5-9-42(49)55(71,72)73)25-48(47)76-44-11-4-2-7-37(44)39-15-13-28(21-46(39)76)30-18-34(52(62,63)64)24-35(19-30)53(65,66)67/h1-25H. The highest BCUT2D eigenvalue weighted by Crippen LogP contribution is 2.49. The highest BCUT2D eigenvalue weighted by molar-refractivity contribution is 6.13. The van der Waals surface area contributed by atoms with Gasteiger partial charge in [-0.15, -0.1) is 0 Å². The highest BCUT2D eigenvalue weighted by Gasteiger charge is 2.43. The van der Waals surface area contributed by atoms with E-state index < -0.39 is 98.3 Å². The van der Waals surface area contributed by atoms with Crippen LogP contribution in [-0.4, -0.2) is 9.13 Å². The molecular weight excluding hydrogens is 1040 g/mol. The number of fused-ring (bicyclic) bond motifs is 6. The Kier molecular flexibility index (Phi) is 11.6. The minimum absolute atomic E-state index is 0.0423. The van der Waals surface area contributed by atoms with Crippen LogP contribution in [0.15, 0.2) is 152 Å². The van der Waals surface area contributed by atoms with Crippen LogP contribution in [0.5, 0.6) is 0 Å². The van der Waals surface area contributed by atoms with Crippen LogP contribution in [0.3, 0.4) is 0 Å². The summed E-state index contributed by atoms with van der Waals surface area (Å²) in [6.45, 7) is 0. The van der Waals surface area contributed by atoms with Crippen molar-refractivity contribution in [3.63, 3.8) is 0 Å². The molecule has 0 fully saturated rings. The molecule has 0 saturated heterocycles. The Balaban J connectivity index is 1.38. The summed E-state index contributed by atoms with van der Waals surface area (Å²) in [5.41, 5.74) is -16.0. The van der Waals surface area contributed by atoms with Gasteiger partial charge in [0.15, 0.2) is 0 Å². The van der Waals surface area contributed by atoms with Crippen LogP contribution in [-0.2, 0) is 37.1 Å². The van der Waals surface area contributed by atoms with Crippen molar-refractivity contribution in [1.82, 2.24) is 9.13 Å². The summed E-state index contributed by atoms with van der Waals surface area (Å²) >= 11 is 0. The number of para-hydroxylation sites is 2. The zero-order chi connectivity index (χ0) is 54.8. The van der Waals surface area contributed by atoms with Crippen LogP contribution in [0.1, 0.15) is 38.9 Å². The maximum absolute atomic E-state index is 15.0. The molecule has 0 atom stereocenters. The molecule has 8 aromatic carbocycles. The lowest BCUT2D eigenvalue weighted by Crippen LogP contribution is -2.15. The normalized spacial score (nSPS) is 13.1. The number of alkyl halides is 18. The highest BCUT2D eigenvalue weighted by atomic mass is 19.4. The number of halogens is 18. The molecule has 0 amide bonds. The molecule has 0 spiro atoms. The van der Waals surface area contributed by atoms with Crippen molar-refractivity contribution in [3.8, 4) is 50.8 Å². The average molecular weight is 1070 g/mol. The van der Waals surface area contributed by atoms with Gasteiger partial charge >= 0.3 is 37.1 Å². The molecule has 386 valence electrons. The van der Waals surface area contributed by atoms with Gasteiger partial charge in [-0.25, -0.2) is 0 Å². The van der Waals surface area contributed by atoms with Gasteiger partial charge in [0.2, 0.25) is 0 Å². The molecule has 0 radical (unpaired) electrons. The first-order chi connectivity index (χ1) is 35.4. The third-order valence-corrected chi connectivity index (χ3v) is 12.9. The third kappa shape index (κ3) is 8.88. The van der Waals surface area contributed by atoms with Gasteiger partial charge in [-0.1, -0.05) is 66.7 Å². The van der Waals surface area contributed by atoms with E-state index in [1.165, 1.54) is 75.9 Å². The maximum Gasteiger partial charge on any atom is 0.417 e. The molecule has 10 aromatic rings. The topological polar surface area (TPSA) is 33.6 Å². The second-order valence-corrected chi connectivity index (χ2v) is 17.5. The van der Waals surface area contributed by atoms with Gasteiger partial charge in [0.1, 0.15) is 0 Å². The summed E-state index contributed by atoms with van der Waals surface area (Å²) in [7, 11) is 0. The van der Waals surface area contributed by atoms with Gasteiger partial charge in [0.05, 0.1) is 78.5 Å². The van der Waals surface area contributed by atoms with Crippen LogP contribution in [0.25, 0.3) is 88.4 Å². The lowest BCUT2D eigenvalue weighted by atomic mass is 9.89. The van der Waals surface area contributed by atoms with Crippen molar-refractivity contribution in [2.45, 2.75) is 37.1 Å². The molecular formula is C55H25F18N3. The molecule has 10 rings (SSSR count). The van der Waals surface area contributed by atoms with E-state index >= 15 is 26.3 Å². The molecule has 0 unspecified atom stereocenters. The molecule has 3 nitrogen and oxygen atoms in total. The predicted octanol–water partition coefficient (Wildman–Crippen LogP) is 18.9. The van der Waals surface area contributed by atoms with Crippen LogP contribution in [0, 0.1) is 11.3 Å². The van der Waals surface area contributed by atoms with Crippen molar-refractivity contribution in [2.24, 2.45) is 0 Å². The Hall–Kier alpha value is -8.41. The minimum Gasteiger partial charge on any atom is -0.307 e. The Labute approximate surface area is 414 Å². The Morgan fingerprint density at radius 2 is 0.671 bits per heavy atom. The van der Waals surface area contributed by atoms with Gasteiger partial charge in [0, 0.05) is 32.7 Å². The fourth-order valence-electron chi connectivity index (χ4n) is 9.61. The first-order valence-corrected chi connectivity index (χ1v) is 22.0. The van der Waals surface area contributed by atoms with E-state index in [2.05, 4.69) is 0 Å². The SMILES string of the molecule is N#Cc1cc(-n2c3ccccc3c3ccc(-c4cc(C(F)(F)F)cc(C(F)(F)F)c4)cc32)c(-n2c3ccccc3c3ccc(-c4cc(C(F)(F)F)cc(C(F)(F)F)c4)cc32)cc1-c1c(C(F)(F)F)cccc1C(F)(F)F. The van der Waals surface area contributed by atoms with E-state index in [1.54, 1.807) is 18.2 Å². The van der Waals surface area contributed by atoms with Crippen LogP contribution < -0.4 is 0 Å². The predicted molar refractivity (Wildman–Crippen MR) is 246 cm³/mol. The van der Waals surface area contributed by atoms with E-state index in [4.69, 9.17) is 0 Å². The van der Waals surface area contributed by atoms with E-state index in [1.807, 2.05) is 0 Å². The molecule has 76 heavy (non-hydrogen) atoms. The summed E-state index contributed by atoms with van der Waals surface area (Å²) in [5, 5.41) is 11.9. The molecule has 0 saturated carbocycles. The fraction of sp³-hybridized carbons (Fsp3) is 0.109. The fourth-order valence-corrected chi connectivity index (χ4v) is 9.61. The second kappa shape index (κ2) is 17.3. The number of hydrogen-bond acceptors (Lipinski definition) is 1. The number of aromatic nitrogens is 2. The van der Waals surface area contributed by atoms with Crippen LogP contribution >= 0.6 is 0 Å². The van der Waals surface area contributed by atoms with Crippen molar-refractivity contribution in [1.29, 1.82) is 5.26 Å². The summed E-state index contributed by atoms with van der Waals surface area (Å²) in [4.78, 5) is 0. The second-order valence-electron chi connectivity index (χ2n) is 17.5. The van der Waals surface area contributed by atoms with Crippen LogP contribution in [0.2, 0.25) is 0 Å². The molecule has 0 aliphatic rings. The Bertz CT molecular complexity index is 3940. The van der Waals surface area contributed by atoms with E-state index in [-0.39, 0.29) is 72.9 Å². The van der Waals surface area contributed by atoms with Crippen molar-refractivity contribution in [3.05, 3.63) is 191 Å². The zero-order valence-electron chi connectivity index (χ0n) is 37.6. The number of hydrogen-bond donors (Lipinski definition) is 0. The quantitative estimate of drug-likeness (QED) is 0.158. The first-order valence-electron chi connectivity index (χ1n) is 22.0. The molecule has 2 aromatic heterocycles. The average Bonchev–Trinajstić information content (AvgIpc) is 3.88. The summed E-state index contributed by atoms with van der Waals surface area (Å²) in [5.74, 6) is 0. The first kappa shape index (κ1) is 51.1. The van der Waals surface area contributed by atoms with Gasteiger partial charge in [0.25, 0.3) is 0 Å². The number of rotatable bonds is 5. The number of benzene rings is 8. The maximum atomic E-state index is 15.0. The largest absolute Gasteiger partial charge is 0.417 e. The molecule has 0 aliphatic carbocycles. The van der Waals surface area contributed by atoms with Crippen molar-refractivity contribution in [2.75, 3.05) is 0 Å². The third-order valence-electron chi connectivity index (χ3n) is 12.9. The Morgan fingerprint density at radius 1 is 0.316 bits per heavy atom. The number of nitriles is 1. The molecule has 0 aliphatic heterocycles. The molecule has 0 N–H and O–H groups in total. The zero-order valence-corrected chi connectivity index (χ0v) is 37.6. The molecule has 2 heterocycles. The van der Waals surface area contributed by atoms with Gasteiger partial charge in [-0.3, -0.25) is 0 Å². The lowest BCUT2D eigenvalue weighted by molar-refractivity contribution is -0.144. The molecule has 0 bridgehead atoms. The van der Waals surface area contributed by atoms with E-state index in [9.17, 15) is 57.9 Å². The van der Waals surface area contributed by atoms with Gasteiger partial charge in [-0.2, -0.15) is 84.3 Å². The monoisotopic (exact) mass is 1070 g/mol. The number of nitrogens with zero attached hydrogens (tertiary/aromatic N) is 3. The Morgan fingerprint density at radius 3 is 1.03 bits per heavy atom. The van der Waals surface area contributed by atoms with Gasteiger partial charge < -0.3 is 9.13 Å². The van der Waals surface area contributed by atoms with Crippen molar-refractivity contribution < 1.29 is 79.0 Å². The minimum atomic E-state index is -5.51.